The van der Waals surface area contributed by atoms with Gasteiger partial charge in [0.25, 0.3) is 11.5 Å². The average molecular weight is 774 g/mol. The van der Waals surface area contributed by atoms with Crippen molar-refractivity contribution in [1.29, 1.82) is 0 Å². The van der Waals surface area contributed by atoms with Gasteiger partial charge in [-0.05, 0) is 107 Å². The van der Waals surface area contributed by atoms with Crippen molar-refractivity contribution in [2.75, 3.05) is 19.7 Å². The number of fused-ring (bicyclic) bond motifs is 1. The van der Waals surface area contributed by atoms with Crippen molar-refractivity contribution >= 4 is 80.1 Å². The summed E-state index contributed by atoms with van der Waals surface area (Å²) in [5.41, 5.74) is 2.61. The van der Waals surface area contributed by atoms with Gasteiger partial charge in [0.05, 0.1) is 29.0 Å². The van der Waals surface area contributed by atoms with E-state index >= 15 is 0 Å². The predicted octanol–water partition coefficient (Wildman–Crippen LogP) is 5.53. The fraction of sp³-hybridized carbons (Fsp3) is 0.250. The highest BCUT2D eigenvalue weighted by Crippen LogP contribution is 2.32. The molecule has 10 heteroatoms. The third-order valence-electron chi connectivity index (χ3n) is 6.15. The lowest BCUT2D eigenvalue weighted by Crippen LogP contribution is -2.43. The number of hydrogen-bond donors (Lipinski definition) is 0. The number of allylic oxidation sites excluding steroid dienone is 1. The molecule has 38 heavy (non-hydrogen) atoms. The molecular formula is C28H26ClI2N3O3S. The number of aromatic nitrogens is 1. The van der Waals surface area contributed by atoms with Crippen molar-refractivity contribution in [3.05, 3.63) is 103 Å². The third kappa shape index (κ3) is 5.80. The van der Waals surface area contributed by atoms with Gasteiger partial charge in [-0.3, -0.25) is 14.2 Å². The molecule has 2 aromatic carbocycles. The molecule has 0 N–H and O–H groups in total. The Morgan fingerprint density at radius 1 is 1.21 bits per heavy atom. The van der Waals surface area contributed by atoms with Crippen LogP contribution in [0.3, 0.4) is 0 Å². The van der Waals surface area contributed by atoms with Crippen molar-refractivity contribution in [2.45, 2.75) is 26.8 Å². The van der Waals surface area contributed by atoms with E-state index in [0.29, 0.717) is 45.3 Å². The Hall–Kier alpha value is -1.96. The number of amides is 1. The Kier molecular flexibility index (Phi) is 9.53. The van der Waals surface area contributed by atoms with Crippen LogP contribution in [0.25, 0.3) is 6.08 Å². The minimum atomic E-state index is -0.603. The van der Waals surface area contributed by atoms with E-state index in [0.717, 1.165) is 24.0 Å². The average Bonchev–Trinajstić information content (AvgIpc) is 3.18. The smallest absolute Gasteiger partial charge is 0.271 e. The monoisotopic (exact) mass is 773 g/mol. The summed E-state index contributed by atoms with van der Waals surface area (Å²) in [6, 6.07) is 10.7. The molecule has 1 aromatic heterocycles. The van der Waals surface area contributed by atoms with Gasteiger partial charge in [0, 0.05) is 18.1 Å². The van der Waals surface area contributed by atoms with E-state index < -0.39 is 6.04 Å². The zero-order chi connectivity index (χ0) is 27.6. The van der Waals surface area contributed by atoms with Crippen molar-refractivity contribution in [3.63, 3.8) is 0 Å². The quantitative estimate of drug-likeness (QED) is 0.224. The second-order valence-corrected chi connectivity index (χ2v) is 12.3. The summed E-state index contributed by atoms with van der Waals surface area (Å²) in [4.78, 5) is 34.6. The number of benzene rings is 2. The molecule has 1 aliphatic heterocycles. The lowest BCUT2D eigenvalue weighted by molar-refractivity contribution is -0.127. The molecule has 4 rings (SSSR count). The minimum absolute atomic E-state index is 0.121. The van der Waals surface area contributed by atoms with Crippen molar-refractivity contribution in [2.24, 2.45) is 4.99 Å². The second-order valence-electron chi connectivity index (χ2n) is 8.52. The van der Waals surface area contributed by atoms with Crippen LogP contribution in [-0.2, 0) is 4.79 Å². The van der Waals surface area contributed by atoms with Gasteiger partial charge in [0.2, 0.25) is 0 Å². The van der Waals surface area contributed by atoms with Crippen molar-refractivity contribution < 1.29 is 9.53 Å². The first kappa shape index (κ1) is 29.0. The SMILES string of the molecule is C=CCOc1c(I)cc(/C=c2/sc3n(c2=O)[C@H](c2ccc(Cl)cc2)C(C(=O)N(CC)CC)=C(C)N=3)cc1I. The Morgan fingerprint density at radius 3 is 2.42 bits per heavy atom. The van der Waals surface area contributed by atoms with Gasteiger partial charge >= 0.3 is 0 Å². The number of likely N-dealkylation sites (N-methyl/N-ethyl adjacent to an activating group) is 1. The van der Waals surface area contributed by atoms with E-state index in [1.807, 2.05) is 51.1 Å². The van der Waals surface area contributed by atoms with Crippen LogP contribution in [0.5, 0.6) is 5.75 Å². The minimum Gasteiger partial charge on any atom is -0.487 e. The molecule has 3 aromatic rings. The highest BCUT2D eigenvalue weighted by molar-refractivity contribution is 14.1. The van der Waals surface area contributed by atoms with Crippen LogP contribution >= 0.6 is 68.1 Å². The Labute approximate surface area is 257 Å². The second kappa shape index (κ2) is 12.5. The van der Waals surface area contributed by atoms with E-state index in [2.05, 4.69) is 51.8 Å². The van der Waals surface area contributed by atoms with E-state index in [-0.39, 0.29) is 11.5 Å². The first-order chi connectivity index (χ1) is 18.2. The molecule has 198 valence electrons. The molecule has 1 aliphatic rings. The third-order valence-corrected chi connectivity index (χ3v) is 8.99. The van der Waals surface area contributed by atoms with Crippen LogP contribution in [0, 0.1) is 7.14 Å². The van der Waals surface area contributed by atoms with E-state index in [9.17, 15) is 9.59 Å². The number of halogens is 3. The number of thiazole rings is 1. The van der Waals surface area contributed by atoms with E-state index in [4.69, 9.17) is 21.3 Å². The highest BCUT2D eigenvalue weighted by Gasteiger charge is 2.34. The maximum atomic E-state index is 13.9. The normalized spacial score (nSPS) is 15.2. The first-order valence-electron chi connectivity index (χ1n) is 12.0. The number of rotatable bonds is 8. The molecule has 1 atom stereocenters. The van der Waals surface area contributed by atoms with Gasteiger partial charge in [0.1, 0.15) is 12.4 Å². The van der Waals surface area contributed by atoms with Gasteiger partial charge in [-0.25, -0.2) is 4.99 Å². The topological polar surface area (TPSA) is 63.9 Å². The molecule has 0 saturated carbocycles. The molecular weight excluding hydrogens is 748 g/mol. The number of carbonyl (C=O) groups excluding carboxylic acids is 1. The van der Waals surface area contributed by atoms with Gasteiger partial charge in [-0.15, -0.1) is 0 Å². The van der Waals surface area contributed by atoms with Gasteiger partial charge in [0.15, 0.2) is 4.80 Å². The van der Waals surface area contributed by atoms with Crippen LogP contribution in [-0.4, -0.2) is 35.1 Å². The molecule has 0 aliphatic carbocycles. The summed E-state index contributed by atoms with van der Waals surface area (Å²) < 4.78 is 9.86. The largest absolute Gasteiger partial charge is 0.487 e. The molecule has 6 nitrogen and oxygen atoms in total. The first-order valence-corrected chi connectivity index (χ1v) is 15.3. The molecule has 1 amide bonds. The summed E-state index contributed by atoms with van der Waals surface area (Å²) >= 11 is 12.0. The maximum Gasteiger partial charge on any atom is 0.271 e. The van der Waals surface area contributed by atoms with Crippen LogP contribution in [0.4, 0.5) is 0 Å². The molecule has 0 spiro atoms. The standard InChI is InChI=1S/C28H26ClI2N3O3S/c1-5-12-37-25-20(30)13-17(14-21(25)31)15-22-26(35)34-24(18-8-10-19(29)11-9-18)23(16(4)32-28(34)38-22)27(36)33(6-2)7-3/h5,8-11,13-15,24H,1,6-7,12H2,2-4H3/b22-15+/t24-/m1/s1. The van der Waals surface area contributed by atoms with Crippen LogP contribution in [0.15, 0.2) is 70.1 Å². The Bertz CT molecular complexity index is 1580. The maximum absolute atomic E-state index is 13.9. The van der Waals surface area contributed by atoms with Crippen molar-refractivity contribution in [3.8, 4) is 5.75 Å². The summed E-state index contributed by atoms with van der Waals surface area (Å²) in [6.07, 6.45) is 3.58. The number of carbonyl (C=O) groups is 1. The fourth-order valence-electron chi connectivity index (χ4n) is 4.33. The van der Waals surface area contributed by atoms with Crippen LogP contribution < -0.4 is 19.6 Å². The van der Waals surface area contributed by atoms with Gasteiger partial charge in [-0.2, -0.15) is 0 Å². The van der Waals surface area contributed by atoms with Crippen LogP contribution in [0.2, 0.25) is 5.02 Å². The number of hydrogen-bond acceptors (Lipinski definition) is 5. The van der Waals surface area contributed by atoms with Crippen LogP contribution in [0.1, 0.15) is 37.9 Å². The lowest BCUT2D eigenvalue weighted by atomic mass is 9.94. The van der Waals surface area contributed by atoms with E-state index in [1.54, 1.807) is 27.7 Å². The molecule has 0 saturated heterocycles. The summed E-state index contributed by atoms with van der Waals surface area (Å²) in [7, 11) is 0. The highest BCUT2D eigenvalue weighted by atomic mass is 127. The molecule has 0 unspecified atom stereocenters. The molecule has 0 bridgehead atoms. The fourth-order valence-corrected chi connectivity index (χ4v) is 7.63. The number of ether oxygens (including phenoxy) is 1. The van der Waals surface area contributed by atoms with E-state index in [1.165, 1.54) is 11.3 Å². The summed E-state index contributed by atoms with van der Waals surface area (Å²) in [6.45, 7) is 11.0. The Morgan fingerprint density at radius 2 is 1.84 bits per heavy atom. The van der Waals surface area contributed by atoms with Gasteiger partial charge < -0.3 is 9.64 Å². The summed E-state index contributed by atoms with van der Waals surface area (Å²) in [5, 5.41) is 0.586. The predicted molar refractivity (Wildman–Crippen MR) is 171 cm³/mol. The zero-order valence-electron chi connectivity index (χ0n) is 21.1. The Balaban J connectivity index is 1.90. The molecule has 2 heterocycles. The molecule has 0 radical (unpaired) electrons. The van der Waals surface area contributed by atoms with Gasteiger partial charge in [-0.1, -0.05) is 47.7 Å². The summed E-state index contributed by atoms with van der Waals surface area (Å²) in [5.74, 6) is 0.673. The lowest BCUT2D eigenvalue weighted by Gasteiger charge is -2.29. The number of nitrogens with zero attached hydrogens (tertiary/aromatic N) is 3. The van der Waals surface area contributed by atoms with Crippen molar-refractivity contribution in [1.82, 2.24) is 9.47 Å². The zero-order valence-corrected chi connectivity index (χ0v) is 27.0. The molecule has 0 fully saturated rings.